The maximum Gasteiger partial charge on any atom is 0.261 e. The van der Waals surface area contributed by atoms with Crippen LogP contribution in [0, 0.1) is 5.92 Å². The molecule has 1 fully saturated rings. The fourth-order valence-corrected chi connectivity index (χ4v) is 3.53. The van der Waals surface area contributed by atoms with Gasteiger partial charge in [-0.25, -0.2) is 4.98 Å². The van der Waals surface area contributed by atoms with Gasteiger partial charge in [0, 0.05) is 12.6 Å². The molecule has 5 nitrogen and oxygen atoms in total. The van der Waals surface area contributed by atoms with Crippen molar-refractivity contribution in [3.8, 4) is 0 Å². The molecule has 0 N–H and O–H groups in total. The van der Waals surface area contributed by atoms with Crippen LogP contribution in [0.1, 0.15) is 25.3 Å². The van der Waals surface area contributed by atoms with Gasteiger partial charge in [-0.15, -0.1) is 0 Å². The third-order valence-electron chi connectivity index (χ3n) is 5.35. The number of aromatic nitrogens is 2. The lowest BCUT2D eigenvalue weighted by Crippen LogP contribution is -2.42. The highest BCUT2D eigenvalue weighted by atomic mass is 16.2. The molecule has 5 heteroatoms. The molecule has 27 heavy (non-hydrogen) atoms. The van der Waals surface area contributed by atoms with E-state index in [0.29, 0.717) is 23.4 Å². The molecule has 0 radical (unpaired) electrons. The third kappa shape index (κ3) is 3.77. The zero-order valence-corrected chi connectivity index (χ0v) is 15.4. The van der Waals surface area contributed by atoms with Gasteiger partial charge < -0.3 is 4.90 Å². The van der Waals surface area contributed by atoms with Crippen molar-refractivity contribution in [2.24, 2.45) is 5.92 Å². The Balaban J connectivity index is 1.60. The van der Waals surface area contributed by atoms with Gasteiger partial charge in [0.15, 0.2) is 0 Å². The SMILES string of the molecule is CC(C1CC1)N(Cc1ccccc1)C(=O)Cn1cnc2ccccc2c1=O. The van der Waals surface area contributed by atoms with Crippen LogP contribution in [0.3, 0.4) is 0 Å². The van der Waals surface area contributed by atoms with E-state index < -0.39 is 0 Å². The highest BCUT2D eigenvalue weighted by Gasteiger charge is 2.34. The number of para-hydroxylation sites is 1. The molecule has 1 heterocycles. The van der Waals surface area contributed by atoms with E-state index in [4.69, 9.17) is 0 Å². The minimum absolute atomic E-state index is 0.0144. The van der Waals surface area contributed by atoms with Crippen LogP contribution in [-0.2, 0) is 17.9 Å². The van der Waals surface area contributed by atoms with Crippen molar-refractivity contribution >= 4 is 16.8 Å². The molecule has 1 aliphatic rings. The standard InChI is InChI=1S/C22H23N3O2/c1-16(18-11-12-18)25(13-17-7-3-2-4-8-17)21(26)14-24-15-23-20-10-6-5-9-19(20)22(24)27/h2-10,15-16,18H,11-14H2,1H3. The summed E-state index contributed by atoms with van der Waals surface area (Å²) in [6.45, 7) is 2.69. The Labute approximate surface area is 158 Å². The molecule has 2 aromatic carbocycles. The second kappa shape index (κ2) is 7.35. The number of fused-ring (bicyclic) bond motifs is 1. The van der Waals surface area contributed by atoms with Crippen LogP contribution in [0.2, 0.25) is 0 Å². The summed E-state index contributed by atoms with van der Waals surface area (Å²) in [4.78, 5) is 32.1. The summed E-state index contributed by atoms with van der Waals surface area (Å²) in [7, 11) is 0. The average molecular weight is 361 g/mol. The van der Waals surface area contributed by atoms with E-state index in [-0.39, 0.29) is 24.1 Å². The predicted molar refractivity (Wildman–Crippen MR) is 105 cm³/mol. The zero-order valence-electron chi connectivity index (χ0n) is 15.4. The summed E-state index contributed by atoms with van der Waals surface area (Å²) in [5, 5.41) is 0.539. The van der Waals surface area contributed by atoms with E-state index in [1.807, 2.05) is 47.4 Å². The maximum absolute atomic E-state index is 13.1. The molecule has 4 rings (SSSR count). The fraction of sp³-hybridized carbons (Fsp3) is 0.318. The van der Waals surface area contributed by atoms with E-state index in [2.05, 4.69) is 11.9 Å². The summed E-state index contributed by atoms with van der Waals surface area (Å²) in [6, 6.07) is 17.4. The van der Waals surface area contributed by atoms with Crippen LogP contribution in [0.15, 0.2) is 65.7 Å². The molecular weight excluding hydrogens is 338 g/mol. The van der Waals surface area contributed by atoms with Crippen molar-refractivity contribution in [1.82, 2.24) is 14.5 Å². The first-order valence-corrected chi connectivity index (χ1v) is 9.41. The van der Waals surface area contributed by atoms with Crippen molar-refractivity contribution in [1.29, 1.82) is 0 Å². The minimum atomic E-state index is -0.173. The van der Waals surface area contributed by atoms with Crippen LogP contribution in [-0.4, -0.2) is 26.4 Å². The van der Waals surface area contributed by atoms with Crippen LogP contribution < -0.4 is 5.56 Å². The molecule has 3 aromatic rings. The van der Waals surface area contributed by atoms with Crippen molar-refractivity contribution in [3.05, 3.63) is 76.8 Å². The number of carbonyl (C=O) groups excluding carboxylic acids is 1. The van der Waals surface area contributed by atoms with Gasteiger partial charge in [0.2, 0.25) is 5.91 Å². The average Bonchev–Trinajstić information content (AvgIpc) is 3.54. The molecule has 138 valence electrons. The quantitative estimate of drug-likeness (QED) is 0.677. The minimum Gasteiger partial charge on any atom is -0.334 e. The Morgan fingerprint density at radius 3 is 2.59 bits per heavy atom. The normalized spacial score (nSPS) is 14.9. The van der Waals surface area contributed by atoms with E-state index in [9.17, 15) is 9.59 Å². The van der Waals surface area contributed by atoms with Gasteiger partial charge in [0.1, 0.15) is 6.54 Å². The van der Waals surface area contributed by atoms with Gasteiger partial charge in [-0.2, -0.15) is 0 Å². The Morgan fingerprint density at radius 2 is 1.85 bits per heavy atom. The van der Waals surface area contributed by atoms with Crippen molar-refractivity contribution in [3.63, 3.8) is 0 Å². The largest absolute Gasteiger partial charge is 0.334 e. The molecule has 0 spiro atoms. The molecule has 0 bridgehead atoms. The predicted octanol–water partition coefficient (Wildman–Crippen LogP) is 3.22. The molecule has 1 atom stereocenters. The Morgan fingerprint density at radius 1 is 1.15 bits per heavy atom. The Kier molecular flexibility index (Phi) is 4.75. The number of hydrogen-bond acceptors (Lipinski definition) is 3. The first kappa shape index (κ1) is 17.5. The van der Waals surface area contributed by atoms with E-state index in [1.165, 1.54) is 10.9 Å². The van der Waals surface area contributed by atoms with E-state index in [0.717, 1.165) is 18.4 Å². The molecule has 1 saturated carbocycles. The highest BCUT2D eigenvalue weighted by molar-refractivity contribution is 5.79. The van der Waals surface area contributed by atoms with Crippen LogP contribution in [0.4, 0.5) is 0 Å². The number of hydrogen-bond donors (Lipinski definition) is 0. The van der Waals surface area contributed by atoms with Crippen LogP contribution in [0.25, 0.3) is 10.9 Å². The number of rotatable bonds is 6. The Bertz CT molecular complexity index is 1010. The molecule has 1 aliphatic carbocycles. The lowest BCUT2D eigenvalue weighted by molar-refractivity contribution is -0.135. The maximum atomic E-state index is 13.1. The monoisotopic (exact) mass is 361 g/mol. The smallest absolute Gasteiger partial charge is 0.261 e. The van der Waals surface area contributed by atoms with E-state index in [1.54, 1.807) is 12.1 Å². The molecule has 1 unspecified atom stereocenters. The number of carbonyl (C=O) groups is 1. The topological polar surface area (TPSA) is 55.2 Å². The number of nitrogens with zero attached hydrogens (tertiary/aromatic N) is 3. The molecule has 1 amide bonds. The zero-order chi connectivity index (χ0) is 18.8. The van der Waals surface area contributed by atoms with Gasteiger partial charge in [-0.1, -0.05) is 42.5 Å². The Hall–Kier alpha value is -2.95. The first-order chi connectivity index (χ1) is 13.1. The summed E-state index contributed by atoms with van der Waals surface area (Å²) < 4.78 is 1.42. The second-order valence-corrected chi connectivity index (χ2v) is 7.28. The first-order valence-electron chi connectivity index (χ1n) is 9.41. The van der Waals surface area contributed by atoms with Gasteiger partial charge in [0.05, 0.1) is 17.2 Å². The second-order valence-electron chi connectivity index (χ2n) is 7.28. The molecule has 1 aromatic heterocycles. The molecule has 0 aliphatic heterocycles. The third-order valence-corrected chi connectivity index (χ3v) is 5.35. The van der Waals surface area contributed by atoms with Crippen molar-refractivity contribution in [2.45, 2.75) is 38.9 Å². The summed E-state index contributed by atoms with van der Waals surface area (Å²) >= 11 is 0. The molecular formula is C22H23N3O2. The lowest BCUT2D eigenvalue weighted by atomic mass is 10.1. The number of benzene rings is 2. The fourth-order valence-electron chi connectivity index (χ4n) is 3.53. The van der Waals surface area contributed by atoms with Gasteiger partial charge in [0.25, 0.3) is 5.56 Å². The summed E-state index contributed by atoms with van der Waals surface area (Å²) in [5.41, 5.74) is 1.58. The highest BCUT2D eigenvalue weighted by Crippen LogP contribution is 2.35. The lowest BCUT2D eigenvalue weighted by Gasteiger charge is -2.30. The van der Waals surface area contributed by atoms with Gasteiger partial charge in [-0.05, 0) is 43.4 Å². The summed E-state index contributed by atoms with van der Waals surface area (Å²) in [5.74, 6) is 0.515. The number of amides is 1. The summed E-state index contributed by atoms with van der Waals surface area (Å²) in [6.07, 6.45) is 3.81. The molecule has 0 saturated heterocycles. The van der Waals surface area contributed by atoms with E-state index >= 15 is 0 Å². The van der Waals surface area contributed by atoms with Crippen molar-refractivity contribution in [2.75, 3.05) is 0 Å². The van der Waals surface area contributed by atoms with Crippen LogP contribution in [0.5, 0.6) is 0 Å². The van der Waals surface area contributed by atoms with Crippen LogP contribution >= 0.6 is 0 Å². The van der Waals surface area contributed by atoms with Gasteiger partial charge in [-0.3, -0.25) is 14.2 Å². The van der Waals surface area contributed by atoms with Crippen molar-refractivity contribution < 1.29 is 4.79 Å². The van der Waals surface area contributed by atoms with Gasteiger partial charge >= 0.3 is 0 Å².